The molecule has 0 bridgehead atoms. The van der Waals surface area contributed by atoms with Crippen molar-refractivity contribution >= 4 is 11.7 Å². The highest BCUT2D eigenvalue weighted by atomic mass is 19.1. The second kappa shape index (κ2) is 6.81. The summed E-state index contributed by atoms with van der Waals surface area (Å²) in [6.45, 7) is 5.64. The molecule has 0 unspecified atom stereocenters. The summed E-state index contributed by atoms with van der Waals surface area (Å²) in [6, 6.07) is 4.09. The molecule has 1 aromatic rings. The first kappa shape index (κ1) is 13.4. The van der Waals surface area contributed by atoms with E-state index in [9.17, 15) is 9.18 Å². The quantitative estimate of drug-likeness (QED) is 0.738. The molecule has 0 atom stereocenters. The molecule has 84 valence electrons. The Morgan fingerprint density at radius 2 is 1.93 bits per heavy atom. The van der Waals surface area contributed by atoms with Crippen LogP contribution in [0.5, 0.6) is 0 Å². The lowest BCUT2D eigenvalue weighted by atomic mass is 10.2. The molecule has 4 heteroatoms. The Morgan fingerprint density at radius 1 is 1.33 bits per heavy atom. The number of anilines is 1. The number of benzene rings is 1. The van der Waals surface area contributed by atoms with E-state index in [-0.39, 0.29) is 11.8 Å². The summed E-state index contributed by atoms with van der Waals surface area (Å²) in [5.74, 6) is -0.276. The van der Waals surface area contributed by atoms with Crippen LogP contribution in [-0.2, 0) is 0 Å². The first-order valence-electron chi connectivity index (χ1n) is 4.88. The maximum Gasteiger partial charge on any atom is 0.318 e. The van der Waals surface area contributed by atoms with Crippen LogP contribution in [0.15, 0.2) is 18.2 Å². The van der Waals surface area contributed by atoms with Crippen molar-refractivity contribution in [1.29, 1.82) is 0 Å². The maximum absolute atomic E-state index is 12.8. The Morgan fingerprint density at radius 3 is 2.40 bits per heavy atom. The van der Waals surface area contributed by atoms with E-state index in [1.165, 1.54) is 19.2 Å². The zero-order chi connectivity index (χ0) is 11.8. The van der Waals surface area contributed by atoms with Gasteiger partial charge in [-0.1, -0.05) is 13.8 Å². The number of aryl methyl sites for hydroxylation is 1. The van der Waals surface area contributed by atoms with E-state index in [2.05, 4.69) is 10.6 Å². The molecular formula is C11H17FN2O. The maximum atomic E-state index is 12.8. The van der Waals surface area contributed by atoms with Crippen molar-refractivity contribution in [2.75, 3.05) is 12.4 Å². The molecule has 3 nitrogen and oxygen atoms in total. The number of carbonyl (C=O) groups is 1. The molecule has 0 fully saturated rings. The fraction of sp³-hybridized carbons (Fsp3) is 0.364. The molecule has 0 aliphatic rings. The molecule has 0 heterocycles. The van der Waals surface area contributed by atoms with Crippen LogP contribution in [0.25, 0.3) is 0 Å². The molecular weight excluding hydrogens is 195 g/mol. The fourth-order valence-corrected chi connectivity index (χ4v) is 0.916. The number of rotatable bonds is 1. The van der Waals surface area contributed by atoms with Crippen molar-refractivity contribution in [3.8, 4) is 0 Å². The van der Waals surface area contributed by atoms with Crippen molar-refractivity contribution < 1.29 is 9.18 Å². The van der Waals surface area contributed by atoms with Gasteiger partial charge in [-0.3, -0.25) is 0 Å². The zero-order valence-corrected chi connectivity index (χ0v) is 9.52. The van der Waals surface area contributed by atoms with E-state index < -0.39 is 0 Å². The summed E-state index contributed by atoms with van der Waals surface area (Å²) in [4.78, 5) is 10.9. The van der Waals surface area contributed by atoms with Crippen LogP contribution in [0.2, 0.25) is 0 Å². The van der Waals surface area contributed by atoms with Crippen LogP contribution in [0.4, 0.5) is 14.9 Å². The Hall–Kier alpha value is -1.58. The van der Waals surface area contributed by atoms with Crippen LogP contribution in [0.1, 0.15) is 19.4 Å². The van der Waals surface area contributed by atoms with Gasteiger partial charge in [0.15, 0.2) is 0 Å². The van der Waals surface area contributed by atoms with E-state index >= 15 is 0 Å². The van der Waals surface area contributed by atoms with Gasteiger partial charge in [-0.05, 0) is 30.7 Å². The van der Waals surface area contributed by atoms with Crippen LogP contribution in [0.3, 0.4) is 0 Å². The van der Waals surface area contributed by atoms with Gasteiger partial charge in [-0.15, -0.1) is 0 Å². The highest BCUT2D eigenvalue weighted by Crippen LogP contribution is 2.13. The van der Waals surface area contributed by atoms with Gasteiger partial charge in [0.1, 0.15) is 5.82 Å². The van der Waals surface area contributed by atoms with Gasteiger partial charge in [-0.2, -0.15) is 0 Å². The zero-order valence-electron chi connectivity index (χ0n) is 9.52. The fourth-order valence-electron chi connectivity index (χ4n) is 0.916. The molecule has 0 radical (unpaired) electrons. The third-order valence-corrected chi connectivity index (χ3v) is 1.64. The third-order valence-electron chi connectivity index (χ3n) is 1.64. The van der Waals surface area contributed by atoms with Crippen LogP contribution >= 0.6 is 0 Å². The summed E-state index contributed by atoms with van der Waals surface area (Å²) in [7, 11) is 1.52. The number of halogens is 1. The topological polar surface area (TPSA) is 41.1 Å². The standard InChI is InChI=1S/C9H11FN2O.C2H6/c1-6-5-7(3-4-8(6)10)12-9(13)11-2;1-2/h3-5H,1-2H3,(H2,11,12,13);1-2H3. The molecule has 0 saturated heterocycles. The van der Waals surface area contributed by atoms with Crippen molar-refractivity contribution in [2.24, 2.45) is 0 Å². The van der Waals surface area contributed by atoms with Crippen molar-refractivity contribution in [3.63, 3.8) is 0 Å². The second-order valence-electron chi connectivity index (χ2n) is 2.67. The summed E-state index contributed by atoms with van der Waals surface area (Å²) in [5.41, 5.74) is 1.09. The van der Waals surface area contributed by atoms with Gasteiger partial charge in [0.05, 0.1) is 0 Å². The largest absolute Gasteiger partial charge is 0.341 e. The van der Waals surface area contributed by atoms with E-state index in [1.807, 2.05) is 13.8 Å². The van der Waals surface area contributed by atoms with Crippen molar-refractivity contribution in [2.45, 2.75) is 20.8 Å². The molecule has 2 N–H and O–H groups in total. The smallest absolute Gasteiger partial charge is 0.318 e. The number of amides is 2. The Labute approximate surface area is 89.7 Å². The average molecular weight is 212 g/mol. The predicted molar refractivity (Wildman–Crippen MR) is 60.6 cm³/mol. The van der Waals surface area contributed by atoms with Crippen LogP contribution in [0, 0.1) is 12.7 Å². The first-order valence-corrected chi connectivity index (χ1v) is 4.88. The number of carbonyl (C=O) groups excluding carboxylic acids is 1. The van der Waals surface area contributed by atoms with Crippen LogP contribution in [-0.4, -0.2) is 13.1 Å². The summed E-state index contributed by atoms with van der Waals surface area (Å²) in [6.07, 6.45) is 0. The molecule has 1 aromatic carbocycles. The number of hydrogen-bond donors (Lipinski definition) is 2. The molecule has 0 spiro atoms. The van der Waals surface area contributed by atoms with Crippen molar-refractivity contribution in [3.05, 3.63) is 29.6 Å². The Bertz CT molecular complexity index is 326. The molecule has 0 aliphatic heterocycles. The average Bonchev–Trinajstić information content (AvgIpc) is 2.26. The minimum Gasteiger partial charge on any atom is -0.341 e. The predicted octanol–water partition coefficient (Wildman–Crippen LogP) is 2.91. The second-order valence-corrected chi connectivity index (χ2v) is 2.67. The minimum atomic E-state index is -0.314. The lowest BCUT2D eigenvalue weighted by Gasteiger charge is -2.05. The first-order chi connectivity index (χ1) is 7.13. The Kier molecular flexibility index (Phi) is 6.09. The number of hydrogen-bond acceptors (Lipinski definition) is 1. The molecule has 0 saturated carbocycles. The molecule has 2 amide bonds. The number of urea groups is 1. The Balaban J connectivity index is 0.000000921. The normalized spacial score (nSPS) is 8.60. The lowest BCUT2D eigenvalue weighted by Crippen LogP contribution is -2.24. The molecule has 1 rings (SSSR count). The van der Waals surface area contributed by atoms with Gasteiger partial charge in [0, 0.05) is 12.7 Å². The summed E-state index contributed by atoms with van der Waals surface area (Å²) >= 11 is 0. The summed E-state index contributed by atoms with van der Waals surface area (Å²) < 4.78 is 12.8. The molecule has 0 aromatic heterocycles. The van der Waals surface area contributed by atoms with E-state index in [1.54, 1.807) is 13.0 Å². The monoisotopic (exact) mass is 212 g/mol. The van der Waals surface area contributed by atoms with E-state index in [4.69, 9.17) is 0 Å². The van der Waals surface area contributed by atoms with Gasteiger partial charge in [0.25, 0.3) is 0 Å². The van der Waals surface area contributed by atoms with Gasteiger partial charge < -0.3 is 10.6 Å². The van der Waals surface area contributed by atoms with E-state index in [0.717, 1.165) is 0 Å². The third kappa shape index (κ3) is 4.44. The summed E-state index contributed by atoms with van der Waals surface area (Å²) in [5, 5.41) is 4.95. The molecule has 15 heavy (non-hydrogen) atoms. The minimum absolute atomic E-state index is 0.276. The molecule has 0 aliphatic carbocycles. The van der Waals surface area contributed by atoms with E-state index in [0.29, 0.717) is 11.3 Å². The van der Waals surface area contributed by atoms with Gasteiger partial charge in [0.2, 0.25) is 0 Å². The highest BCUT2D eigenvalue weighted by Gasteiger charge is 2.01. The SMILES string of the molecule is CC.CNC(=O)Nc1ccc(F)c(C)c1. The lowest BCUT2D eigenvalue weighted by molar-refractivity contribution is 0.254. The van der Waals surface area contributed by atoms with Crippen LogP contribution < -0.4 is 10.6 Å². The van der Waals surface area contributed by atoms with Gasteiger partial charge >= 0.3 is 6.03 Å². The van der Waals surface area contributed by atoms with Crippen molar-refractivity contribution in [1.82, 2.24) is 5.32 Å². The highest BCUT2D eigenvalue weighted by molar-refractivity contribution is 5.89. The van der Waals surface area contributed by atoms with Gasteiger partial charge in [-0.25, -0.2) is 9.18 Å². The number of nitrogens with one attached hydrogen (secondary N) is 2.